The first-order chi connectivity index (χ1) is 9.30. The molecule has 0 radical (unpaired) electrons. The van der Waals surface area contributed by atoms with Crippen molar-refractivity contribution in [1.29, 1.82) is 0 Å². The van der Waals surface area contributed by atoms with E-state index in [9.17, 15) is 9.59 Å². The SMILES string of the molecule is CC(C)(C)N(CCC(=O)O)C(=O)NCCn1cccn1. The number of hydrogen-bond acceptors (Lipinski definition) is 3. The van der Waals surface area contributed by atoms with Crippen molar-refractivity contribution in [2.45, 2.75) is 39.3 Å². The molecule has 20 heavy (non-hydrogen) atoms. The molecular formula is C13H22N4O3. The lowest BCUT2D eigenvalue weighted by Gasteiger charge is -2.35. The highest BCUT2D eigenvalue weighted by molar-refractivity contribution is 5.76. The molecule has 1 aromatic heterocycles. The Morgan fingerprint density at radius 2 is 2.10 bits per heavy atom. The molecule has 2 N–H and O–H groups in total. The fourth-order valence-electron chi connectivity index (χ4n) is 1.75. The van der Waals surface area contributed by atoms with Gasteiger partial charge in [-0.2, -0.15) is 5.10 Å². The van der Waals surface area contributed by atoms with Crippen molar-refractivity contribution in [3.8, 4) is 0 Å². The summed E-state index contributed by atoms with van der Waals surface area (Å²) in [6, 6.07) is 1.56. The van der Waals surface area contributed by atoms with E-state index in [-0.39, 0.29) is 19.0 Å². The number of hydrogen-bond donors (Lipinski definition) is 2. The normalized spacial score (nSPS) is 11.2. The van der Waals surface area contributed by atoms with E-state index in [1.54, 1.807) is 10.9 Å². The Bertz CT molecular complexity index is 437. The average molecular weight is 282 g/mol. The first-order valence-electron chi connectivity index (χ1n) is 6.55. The Labute approximate surface area is 118 Å². The van der Waals surface area contributed by atoms with Crippen LogP contribution in [-0.4, -0.2) is 50.4 Å². The van der Waals surface area contributed by atoms with Crippen LogP contribution in [0.15, 0.2) is 18.5 Å². The lowest BCUT2D eigenvalue weighted by molar-refractivity contribution is -0.137. The standard InChI is InChI=1S/C13H22N4O3/c1-13(2,3)17(9-5-11(18)19)12(20)14-7-10-16-8-4-6-15-16/h4,6,8H,5,7,9-10H2,1-3H3,(H,14,20)(H,18,19). The maximum atomic E-state index is 12.1. The molecule has 0 atom stereocenters. The fourth-order valence-corrected chi connectivity index (χ4v) is 1.75. The maximum Gasteiger partial charge on any atom is 0.317 e. The molecule has 1 heterocycles. The average Bonchev–Trinajstić information content (AvgIpc) is 2.79. The Morgan fingerprint density at radius 3 is 2.60 bits per heavy atom. The van der Waals surface area contributed by atoms with Crippen LogP contribution in [0.5, 0.6) is 0 Å². The first kappa shape index (κ1) is 16.0. The Balaban J connectivity index is 2.48. The summed E-state index contributed by atoms with van der Waals surface area (Å²) in [5.41, 5.74) is -0.425. The van der Waals surface area contributed by atoms with Crippen LogP contribution in [0.4, 0.5) is 4.79 Å². The number of nitrogens with zero attached hydrogens (tertiary/aromatic N) is 3. The van der Waals surface area contributed by atoms with Crippen LogP contribution in [-0.2, 0) is 11.3 Å². The minimum Gasteiger partial charge on any atom is -0.481 e. The van der Waals surface area contributed by atoms with E-state index in [4.69, 9.17) is 5.11 Å². The topological polar surface area (TPSA) is 87.5 Å². The lowest BCUT2D eigenvalue weighted by atomic mass is 10.1. The quantitative estimate of drug-likeness (QED) is 0.820. The van der Waals surface area contributed by atoms with Gasteiger partial charge in [-0.3, -0.25) is 9.48 Å². The number of carbonyl (C=O) groups excluding carboxylic acids is 1. The highest BCUT2D eigenvalue weighted by Crippen LogP contribution is 2.13. The molecule has 112 valence electrons. The zero-order chi connectivity index (χ0) is 15.2. The van der Waals surface area contributed by atoms with Gasteiger partial charge in [-0.25, -0.2) is 4.79 Å². The van der Waals surface area contributed by atoms with E-state index >= 15 is 0 Å². The molecule has 0 spiro atoms. The smallest absolute Gasteiger partial charge is 0.317 e. The fraction of sp³-hybridized carbons (Fsp3) is 0.615. The third kappa shape index (κ3) is 5.29. The molecule has 0 saturated heterocycles. The molecule has 0 saturated carbocycles. The van der Waals surface area contributed by atoms with Gasteiger partial charge in [-0.15, -0.1) is 0 Å². The molecule has 1 rings (SSSR count). The molecule has 0 bridgehead atoms. The van der Waals surface area contributed by atoms with Gasteiger partial charge in [0.15, 0.2) is 0 Å². The van der Waals surface area contributed by atoms with Crippen LogP contribution < -0.4 is 5.32 Å². The molecule has 0 aromatic carbocycles. The third-order valence-corrected chi connectivity index (χ3v) is 2.78. The zero-order valence-corrected chi connectivity index (χ0v) is 12.2. The minimum absolute atomic E-state index is 0.0656. The van der Waals surface area contributed by atoms with Crippen molar-refractivity contribution in [3.63, 3.8) is 0 Å². The third-order valence-electron chi connectivity index (χ3n) is 2.78. The van der Waals surface area contributed by atoms with Crippen LogP contribution in [0.2, 0.25) is 0 Å². The van der Waals surface area contributed by atoms with Gasteiger partial charge in [0.1, 0.15) is 0 Å². The van der Waals surface area contributed by atoms with Crippen LogP contribution in [0.25, 0.3) is 0 Å². The maximum absolute atomic E-state index is 12.1. The predicted molar refractivity (Wildman–Crippen MR) is 74.3 cm³/mol. The number of nitrogens with one attached hydrogen (secondary N) is 1. The summed E-state index contributed by atoms with van der Waals surface area (Å²) < 4.78 is 1.72. The number of aliphatic carboxylic acids is 1. The van der Waals surface area contributed by atoms with Gasteiger partial charge >= 0.3 is 12.0 Å². The van der Waals surface area contributed by atoms with Crippen LogP contribution >= 0.6 is 0 Å². The van der Waals surface area contributed by atoms with Gasteiger partial charge in [0, 0.05) is 31.0 Å². The number of carboxylic acid groups (broad SMARTS) is 1. The summed E-state index contributed by atoms with van der Waals surface area (Å²) in [5.74, 6) is -0.913. The summed E-state index contributed by atoms with van der Waals surface area (Å²) in [7, 11) is 0. The van der Waals surface area contributed by atoms with Gasteiger partial charge in [-0.1, -0.05) is 0 Å². The van der Waals surface area contributed by atoms with Gasteiger partial charge in [0.2, 0.25) is 0 Å². The second kappa shape index (κ2) is 6.93. The second-order valence-corrected chi connectivity index (χ2v) is 5.47. The van der Waals surface area contributed by atoms with E-state index < -0.39 is 11.5 Å². The molecule has 0 aliphatic carbocycles. The Kier molecular flexibility index (Phi) is 5.54. The lowest BCUT2D eigenvalue weighted by Crippen LogP contribution is -2.51. The van der Waals surface area contributed by atoms with Crippen LogP contribution in [0.3, 0.4) is 0 Å². The van der Waals surface area contributed by atoms with Gasteiger partial charge < -0.3 is 15.3 Å². The monoisotopic (exact) mass is 282 g/mol. The van der Waals surface area contributed by atoms with E-state index in [0.29, 0.717) is 13.1 Å². The summed E-state index contributed by atoms with van der Waals surface area (Å²) in [4.78, 5) is 24.3. The molecule has 0 unspecified atom stereocenters. The summed E-state index contributed by atoms with van der Waals surface area (Å²) in [5, 5.41) is 15.6. The second-order valence-electron chi connectivity index (χ2n) is 5.47. The molecular weight excluding hydrogens is 260 g/mol. The van der Waals surface area contributed by atoms with Crippen molar-refractivity contribution in [1.82, 2.24) is 20.0 Å². The van der Waals surface area contributed by atoms with Gasteiger partial charge in [0.05, 0.1) is 13.0 Å². The van der Waals surface area contributed by atoms with Crippen LogP contribution in [0.1, 0.15) is 27.2 Å². The zero-order valence-electron chi connectivity index (χ0n) is 12.2. The molecule has 7 nitrogen and oxygen atoms in total. The van der Waals surface area contributed by atoms with Crippen molar-refractivity contribution in [2.75, 3.05) is 13.1 Å². The first-order valence-corrected chi connectivity index (χ1v) is 6.55. The number of carbonyl (C=O) groups is 2. The molecule has 0 fully saturated rings. The molecule has 2 amide bonds. The van der Waals surface area contributed by atoms with Crippen LogP contribution in [0, 0.1) is 0 Å². The number of urea groups is 1. The Morgan fingerprint density at radius 1 is 1.40 bits per heavy atom. The number of amides is 2. The number of carboxylic acids is 1. The van der Waals surface area contributed by atoms with E-state index in [1.165, 1.54) is 4.90 Å². The Hall–Kier alpha value is -2.05. The van der Waals surface area contributed by atoms with E-state index in [0.717, 1.165) is 0 Å². The summed E-state index contributed by atoms with van der Waals surface area (Å²) >= 11 is 0. The van der Waals surface area contributed by atoms with Crippen molar-refractivity contribution >= 4 is 12.0 Å². The largest absolute Gasteiger partial charge is 0.481 e. The number of aromatic nitrogens is 2. The van der Waals surface area contributed by atoms with Gasteiger partial charge in [0.25, 0.3) is 0 Å². The van der Waals surface area contributed by atoms with Crippen molar-refractivity contribution < 1.29 is 14.7 Å². The van der Waals surface area contributed by atoms with E-state index in [1.807, 2.05) is 33.0 Å². The van der Waals surface area contributed by atoms with Gasteiger partial charge in [-0.05, 0) is 26.8 Å². The van der Waals surface area contributed by atoms with E-state index in [2.05, 4.69) is 10.4 Å². The van der Waals surface area contributed by atoms with Crippen molar-refractivity contribution in [3.05, 3.63) is 18.5 Å². The summed E-state index contributed by atoms with van der Waals surface area (Å²) in [6.07, 6.45) is 3.43. The molecule has 7 heteroatoms. The number of rotatable bonds is 6. The molecule has 1 aromatic rings. The highest BCUT2D eigenvalue weighted by atomic mass is 16.4. The molecule has 0 aliphatic heterocycles. The molecule has 0 aliphatic rings. The predicted octanol–water partition coefficient (Wildman–Crippen LogP) is 1.17. The highest BCUT2D eigenvalue weighted by Gasteiger charge is 2.26. The van der Waals surface area contributed by atoms with Crippen molar-refractivity contribution in [2.24, 2.45) is 0 Å². The summed E-state index contributed by atoms with van der Waals surface area (Å²) in [6.45, 7) is 6.84. The minimum atomic E-state index is -0.913.